The Morgan fingerprint density at radius 3 is 2.64 bits per heavy atom. The fourth-order valence-corrected chi connectivity index (χ4v) is 4.38. The third-order valence-corrected chi connectivity index (χ3v) is 6.06. The van der Waals surface area contributed by atoms with Gasteiger partial charge in [-0.2, -0.15) is 4.31 Å². The van der Waals surface area contributed by atoms with Gasteiger partial charge in [-0.15, -0.1) is 0 Å². The Morgan fingerprint density at radius 1 is 1.20 bits per heavy atom. The first kappa shape index (κ1) is 17.7. The van der Waals surface area contributed by atoms with Crippen molar-refractivity contribution in [1.29, 1.82) is 0 Å². The Labute approximate surface area is 148 Å². The number of benzene rings is 1. The molecule has 0 saturated heterocycles. The smallest absolute Gasteiger partial charge is 0.330 e. The van der Waals surface area contributed by atoms with Crippen molar-refractivity contribution in [1.82, 2.24) is 13.4 Å². The molecule has 0 aliphatic carbocycles. The van der Waals surface area contributed by atoms with E-state index in [0.29, 0.717) is 16.3 Å². The normalized spacial score (nSPS) is 15.3. The zero-order valence-electron chi connectivity index (χ0n) is 13.6. The van der Waals surface area contributed by atoms with Crippen molar-refractivity contribution in [2.75, 3.05) is 13.2 Å². The van der Waals surface area contributed by atoms with Gasteiger partial charge in [0.1, 0.15) is 12.4 Å². The summed E-state index contributed by atoms with van der Waals surface area (Å²) in [4.78, 5) is 23.6. The maximum Gasteiger partial charge on any atom is 0.330 e. The van der Waals surface area contributed by atoms with Crippen LogP contribution in [-0.2, 0) is 30.7 Å². The zero-order valence-corrected chi connectivity index (χ0v) is 15.2. The molecule has 0 N–H and O–H groups in total. The molecule has 2 heterocycles. The van der Waals surface area contributed by atoms with E-state index in [1.165, 1.54) is 14.1 Å². The van der Waals surface area contributed by atoms with Crippen molar-refractivity contribution >= 4 is 21.6 Å². The van der Waals surface area contributed by atoms with Gasteiger partial charge < -0.3 is 9.30 Å². The second-order valence-electron chi connectivity index (χ2n) is 5.69. The van der Waals surface area contributed by atoms with Crippen molar-refractivity contribution in [2.45, 2.75) is 11.4 Å². The molecule has 3 rings (SSSR count). The van der Waals surface area contributed by atoms with Crippen LogP contribution in [0.1, 0.15) is 5.56 Å². The van der Waals surface area contributed by atoms with E-state index in [2.05, 4.69) is 0 Å². The van der Waals surface area contributed by atoms with Gasteiger partial charge in [0.15, 0.2) is 4.90 Å². The molecule has 1 aromatic carbocycles. The maximum absolute atomic E-state index is 13.0. The largest absolute Gasteiger partial charge is 0.492 e. The topological polar surface area (TPSA) is 90.6 Å². The number of nitrogens with zero attached hydrogens (tertiary/aromatic N) is 3. The van der Waals surface area contributed by atoms with Gasteiger partial charge in [-0.3, -0.25) is 9.36 Å². The molecule has 2 aromatic rings. The lowest BCUT2D eigenvalue weighted by atomic mass is 10.2. The highest BCUT2D eigenvalue weighted by molar-refractivity contribution is 7.89. The molecule has 0 bridgehead atoms. The van der Waals surface area contributed by atoms with E-state index in [1.807, 2.05) is 0 Å². The van der Waals surface area contributed by atoms with E-state index in [1.54, 1.807) is 18.2 Å². The van der Waals surface area contributed by atoms with Crippen LogP contribution in [0.4, 0.5) is 0 Å². The predicted molar refractivity (Wildman–Crippen MR) is 91.5 cm³/mol. The van der Waals surface area contributed by atoms with Crippen LogP contribution in [0.15, 0.2) is 38.9 Å². The van der Waals surface area contributed by atoms with Crippen molar-refractivity contribution in [3.63, 3.8) is 0 Å². The van der Waals surface area contributed by atoms with E-state index >= 15 is 0 Å². The minimum Gasteiger partial charge on any atom is -0.492 e. The van der Waals surface area contributed by atoms with E-state index < -0.39 is 26.2 Å². The molecular weight excluding hydrogens is 370 g/mol. The summed E-state index contributed by atoms with van der Waals surface area (Å²) in [5, 5.41) is 0.458. The van der Waals surface area contributed by atoms with Gasteiger partial charge in [0, 0.05) is 44.0 Å². The van der Waals surface area contributed by atoms with Crippen LogP contribution in [0.3, 0.4) is 0 Å². The molecule has 1 aromatic heterocycles. The lowest BCUT2D eigenvalue weighted by molar-refractivity contribution is 0.292. The fraction of sp³-hybridized carbons (Fsp3) is 0.333. The van der Waals surface area contributed by atoms with Crippen LogP contribution >= 0.6 is 11.6 Å². The molecule has 0 unspecified atom stereocenters. The molecule has 0 radical (unpaired) electrons. The Balaban J connectivity index is 2.10. The molecule has 0 fully saturated rings. The highest BCUT2D eigenvalue weighted by Crippen LogP contribution is 2.28. The van der Waals surface area contributed by atoms with Gasteiger partial charge in [0.25, 0.3) is 5.56 Å². The van der Waals surface area contributed by atoms with Crippen LogP contribution in [0, 0.1) is 0 Å². The van der Waals surface area contributed by atoms with E-state index in [4.69, 9.17) is 16.3 Å². The molecule has 0 atom stereocenters. The standard InChI is InChI=1S/C15H16ClN3O5S/c1-17-9-13(14(20)18(2)15(17)21)25(22,23)19-5-6-24-12-4-3-11(16)7-10(12)8-19/h3-4,7,9H,5-6,8H2,1-2H3. The first-order valence-electron chi connectivity index (χ1n) is 7.40. The van der Waals surface area contributed by atoms with Crippen molar-refractivity contribution in [3.8, 4) is 5.75 Å². The Bertz CT molecular complexity index is 1060. The van der Waals surface area contributed by atoms with Crippen LogP contribution in [0.5, 0.6) is 5.75 Å². The summed E-state index contributed by atoms with van der Waals surface area (Å²) in [7, 11) is -1.49. The number of ether oxygens (including phenoxy) is 1. The Morgan fingerprint density at radius 2 is 1.92 bits per heavy atom. The summed E-state index contributed by atoms with van der Waals surface area (Å²) in [6.07, 6.45) is 1.05. The summed E-state index contributed by atoms with van der Waals surface area (Å²) in [5.74, 6) is 0.551. The summed E-state index contributed by atoms with van der Waals surface area (Å²) in [6, 6.07) is 4.97. The molecule has 134 valence electrons. The highest BCUT2D eigenvalue weighted by atomic mass is 35.5. The third-order valence-electron chi connectivity index (χ3n) is 4.00. The molecule has 1 aliphatic heterocycles. The highest BCUT2D eigenvalue weighted by Gasteiger charge is 2.31. The number of sulfonamides is 1. The molecule has 25 heavy (non-hydrogen) atoms. The van der Waals surface area contributed by atoms with Crippen molar-refractivity contribution in [3.05, 3.63) is 55.8 Å². The quantitative estimate of drug-likeness (QED) is 0.742. The molecule has 0 spiro atoms. The van der Waals surface area contributed by atoms with E-state index in [9.17, 15) is 18.0 Å². The lowest BCUT2D eigenvalue weighted by Crippen LogP contribution is -2.43. The lowest BCUT2D eigenvalue weighted by Gasteiger charge is -2.19. The first-order chi connectivity index (χ1) is 11.7. The van der Waals surface area contributed by atoms with Gasteiger partial charge in [0.2, 0.25) is 10.0 Å². The number of fused-ring (bicyclic) bond motifs is 1. The molecule has 0 amide bonds. The molecular formula is C15H16ClN3O5S. The van der Waals surface area contributed by atoms with Gasteiger partial charge in [-0.1, -0.05) is 11.6 Å². The maximum atomic E-state index is 13.0. The number of hydrogen-bond acceptors (Lipinski definition) is 5. The predicted octanol–water partition coefficient (Wildman–Crippen LogP) is 0.321. The average molecular weight is 386 g/mol. The second kappa shape index (κ2) is 6.32. The number of hydrogen-bond donors (Lipinski definition) is 0. The molecule has 10 heteroatoms. The minimum absolute atomic E-state index is 0.0181. The van der Waals surface area contributed by atoms with Crippen LogP contribution in [0.2, 0.25) is 5.02 Å². The Hall–Kier alpha value is -2.10. The number of rotatable bonds is 2. The van der Waals surface area contributed by atoms with Gasteiger partial charge in [-0.25, -0.2) is 13.2 Å². The summed E-state index contributed by atoms with van der Waals surface area (Å²) < 4.78 is 34.5. The van der Waals surface area contributed by atoms with Gasteiger partial charge in [0.05, 0.1) is 0 Å². The molecule has 1 aliphatic rings. The minimum atomic E-state index is -4.12. The number of aromatic nitrogens is 2. The van der Waals surface area contributed by atoms with Crippen LogP contribution in [0.25, 0.3) is 0 Å². The van der Waals surface area contributed by atoms with Crippen molar-refractivity contribution in [2.24, 2.45) is 14.1 Å². The monoisotopic (exact) mass is 385 g/mol. The van der Waals surface area contributed by atoms with Crippen LogP contribution in [-0.4, -0.2) is 35.0 Å². The van der Waals surface area contributed by atoms with Crippen LogP contribution < -0.4 is 16.0 Å². The molecule has 0 saturated carbocycles. The van der Waals surface area contributed by atoms with E-state index in [0.717, 1.165) is 19.6 Å². The van der Waals surface area contributed by atoms with Gasteiger partial charge in [-0.05, 0) is 18.2 Å². The zero-order chi connectivity index (χ0) is 18.4. The average Bonchev–Trinajstić information content (AvgIpc) is 2.78. The van der Waals surface area contributed by atoms with E-state index in [-0.39, 0.29) is 19.7 Å². The first-order valence-corrected chi connectivity index (χ1v) is 9.21. The van der Waals surface area contributed by atoms with Gasteiger partial charge >= 0.3 is 5.69 Å². The summed E-state index contributed by atoms with van der Waals surface area (Å²) >= 11 is 5.98. The Kier molecular flexibility index (Phi) is 4.48. The second-order valence-corrected chi connectivity index (χ2v) is 8.03. The fourth-order valence-electron chi connectivity index (χ4n) is 2.64. The summed E-state index contributed by atoms with van der Waals surface area (Å²) in [6.45, 7) is 0.227. The number of aryl methyl sites for hydroxylation is 1. The number of halogens is 1. The van der Waals surface area contributed by atoms with Crippen molar-refractivity contribution < 1.29 is 13.2 Å². The SMILES string of the molecule is Cn1cc(S(=O)(=O)N2CCOc3ccc(Cl)cc3C2)c(=O)n(C)c1=O. The summed E-state index contributed by atoms with van der Waals surface area (Å²) in [5.41, 5.74) is -0.852. The third kappa shape index (κ3) is 3.10. The molecule has 8 nitrogen and oxygen atoms in total.